The maximum absolute atomic E-state index is 11.7. The van der Waals surface area contributed by atoms with Gasteiger partial charge in [-0.1, -0.05) is 0 Å². The molecule has 2 unspecified atom stereocenters. The normalized spacial score (nSPS) is 32.5. The van der Waals surface area contributed by atoms with Crippen LogP contribution in [0.5, 0.6) is 0 Å². The topological polar surface area (TPSA) is 29.5 Å². The molecular weight excluding hydrogens is 186 g/mol. The maximum Gasteiger partial charge on any atom is 0.231 e. The van der Waals surface area contributed by atoms with Crippen LogP contribution in [0, 0.1) is 0 Å². The molecule has 2 rings (SSSR count). The Kier molecular flexibility index (Phi) is 2.51. The second kappa shape index (κ2) is 3.50. The molecule has 0 aromatic rings. The number of hydrogen-bond donors (Lipinski definition) is 1. The van der Waals surface area contributed by atoms with Crippen molar-refractivity contribution in [2.45, 2.75) is 18.6 Å². The average molecular weight is 203 g/mol. The summed E-state index contributed by atoms with van der Waals surface area (Å²) in [5.74, 6) is 1.09. The van der Waals surface area contributed by atoms with Crippen molar-refractivity contribution in [3.63, 3.8) is 0 Å². The largest absolute Gasteiger partial charge is 0.374 e. The first-order chi connectivity index (χ1) is 6.16. The molecule has 2 saturated heterocycles. The van der Waals surface area contributed by atoms with Crippen molar-refractivity contribution in [2.75, 3.05) is 31.4 Å². The lowest BCUT2D eigenvalue weighted by atomic mass is 10.2. The van der Waals surface area contributed by atoms with E-state index < -0.39 is 0 Å². The number of rotatable bonds is 2. The number of nitrogens with zero attached hydrogens (tertiary/aromatic N) is 1. The third kappa shape index (κ3) is 1.83. The van der Waals surface area contributed by atoms with E-state index in [1.165, 1.54) is 0 Å². The number of fused-ring (bicyclic) bond motifs is 2. The van der Waals surface area contributed by atoms with E-state index in [9.17, 15) is 4.79 Å². The van der Waals surface area contributed by atoms with Gasteiger partial charge in [0.15, 0.2) is 0 Å². The Bertz CT molecular complexity index is 220. The predicted octanol–water partition coefficient (Wildman–Crippen LogP) is 0.247. The minimum absolute atomic E-state index is 0.0972. The second-order valence-corrected chi connectivity index (χ2v) is 6.60. The van der Waals surface area contributed by atoms with Gasteiger partial charge in [0.2, 0.25) is 5.91 Å². The Hall–Kier alpha value is -0.220. The van der Waals surface area contributed by atoms with E-state index in [-0.39, 0.29) is 10.9 Å². The number of carbonyl (C=O) groups is 1. The summed E-state index contributed by atoms with van der Waals surface area (Å²) in [6, 6.07) is 0.396. The van der Waals surface area contributed by atoms with E-state index in [1.54, 1.807) is 0 Å². The Morgan fingerprint density at radius 3 is 2.85 bits per heavy atom. The van der Waals surface area contributed by atoms with E-state index in [4.69, 9.17) is 4.74 Å². The molecule has 0 radical (unpaired) electrons. The Balaban J connectivity index is 1.91. The summed E-state index contributed by atoms with van der Waals surface area (Å²) in [6.07, 6.45) is 5.71. The van der Waals surface area contributed by atoms with Crippen LogP contribution in [0.2, 0.25) is 0 Å². The van der Waals surface area contributed by atoms with Crippen molar-refractivity contribution in [2.24, 2.45) is 0 Å². The lowest BCUT2D eigenvalue weighted by Crippen LogP contribution is -2.42. The number of morpholine rings is 1. The highest BCUT2D eigenvalue weighted by Gasteiger charge is 2.41. The van der Waals surface area contributed by atoms with Crippen molar-refractivity contribution < 1.29 is 9.53 Å². The molecule has 0 spiro atoms. The molecule has 2 aliphatic rings. The van der Waals surface area contributed by atoms with Crippen LogP contribution in [0.4, 0.5) is 0 Å². The summed E-state index contributed by atoms with van der Waals surface area (Å²) in [5, 5.41) is 0. The van der Waals surface area contributed by atoms with E-state index in [1.807, 2.05) is 4.90 Å². The van der Waals surface area contributed by atoms with Crippen LogP contribution in [0.1, 0.15) is 6.42 Å². The SMILES string of the molecule is C[SH](C)CC(=O)N1CC2CC1CO2. The van der Waals surface area contributed by atoms with Crippen LogP contribution in [-0.2, 0) is 9.53 Å². The molecule has 0 saturated carbocycles. The summed E-state index contributed by atoms with van der Waals surface area (Å²) in [4.78, 5) is 13.8. The van der Waals surface area contributed by atoms with Gasteiger partial charge in [-0.15, -0.1) is 0 Å². The number of carbonyl (C=O) groups excluding carboxylic acids is 1. The molecular formula is C9H17NO2S. The molecule has 2 fully saturated rings. The van der Waals surface area contributed by atoms with Gasteiger partial charge in [-0.3, -0.25) is 15.7 Å². The zero-order chi connectivity index (χ0) is 9.42. The fourth-order valence-electron chi connectivity index (χ4n) is 2.07. The highest BCUT2D eigenvalue weighted by molar-refractivity contribution is 8.16. The van der Waals surface area contributed by atoms with Crippen LogP contribution >= 0.6 is 10.9 Å². The zero-order valence-electron chi connectivity index (χ0n) is 8.19. The Morgan fingerprint density at radius 1 is 1.62 bits per heavy atom. The minimum Gasteiger partial charge on any atom is -0.374 e. The van der Waals surface area contributed by atoms with Crippen molar-refractivity contribution in [1.82, 2.24) is 4.90 Å². The molecule has 13 heavy (non-hydrogen) atoms. The van der Waals surface area contributed by atoms with E-state index in [0.717, 1.165) is 25.3 Å². The van der Waals surface area contributed by atoms with Gasteiger partial charge in [0.05, 0.1) is 24.5 Å². The quantitative estimate of drug-likeness (QED) is 0.652. The summed E-state index contributed by atoms with van der Waals surface area (Å²) >= 11 is 0. The summed E-state index contributed by atoms with van der Waals surface area (Å²) in [7, 11) is -0.0972. The third-order valence-corrected chi connectivity index (χ3v) is 3.58. The average Bonchev–Trinajstić information content (AvgIpc) is 2.62. The molecule has 4 heteroatoms. The van der Waals surface area contributed by atoms with E-state index in [0.29, 0.717) is 18.1 Å². The highest BCUT2D eigenvalue weighted by atomic mass is 32.2. The molecule has 3 nitrogen and oxygen atoms in total. The van der Waals surface area contributed by atoms with Crippen LogP contribution in [0.15, 0.2) is 0 Å². The predicted molar refractivity (Wildman–Crippen MR) is 55.6 cm³/mol. The molecule has 2 bridgehead atoms. The molecule has 0 N–H and O–H groups in total. The number of ether oxygens (including phenoxy) is 1. The van der Waals surface area contributed by atoms with Crippen molar-refractivity contribution in [3.05, 3.63) is 0 Å². The van der Waals surface area contributed by atoms with Crippen molar-refractivity contribution in [1.29, 1.82) is 0 Å². The van der Waals surface area contributed by atoms with Crippen LogP contribution in [-0.4, -0.2) is 54.4 Å². The maximum atomic E-state index is 11.7. The highest BCUT2D eigenvalue weighted by Crippen LogP contribution is 2.29. The monoisotopic (exact) mass is 203 g/mol. The van der Waals surface area contributed by atoms with Gasteiger partial charge in [-0.2, -0.15) is 0 Å². The van der Waals surface area contributed by atoms with Gasteiger partial charge in [0.1, 0.15) is 0 Å². The fraction of sp³-hybridized carbons (Fsp3) is 0.889. The van der Waals surface area contributed by atoms with Crippen LogP contribution in [0.25, 0.3) is 0 Å². The molecule has 0 aromatic heterocycles. The molecule has 2 aliphatic heterocycles. The first kappa shape index (κ1) is 9.34. The number of amides is 1. The Morgan fingerprint density at radius 2 is 2.38 bits per heavy atom. The summed E-state index contributed by atoms with van der Waals surface area (Å²) in [6.45, 7) is 1.61. The smallest absolute Gasteiger partial charge is 0.231 e. The first-order valence-corrected chi connectivity index (χ1v) is 7.15. The van der Waals surface area contributed by atoms with Gasteiger partial charge < -0.3 is 9.64 Å². The van der Waals surface area contributed by atoms with Gasteiger partial charge in [-0.05, 0) is 18.9 Å². The van der Waals surface area contributed by atoms with Crippen molar-refractivity contribution in [3.8, 4) is 0 Å². The van der Waals surface area contributed by atoms with Gasteiger partial charge >= 0.3 is 0 Å². The lowest BCUT2D eigenvalue weighted by Gasteiger charge is -2.27. The lowest BCUT2D eigenvalue weighted by molar-refractivity contribution is -0.132. The number of thiol groups is 1. The molecule has 2 atom stereocenters. The van der Waals surface area contributed by atoms with Gasteiger partial charge in [0.25, 0.3) is 0 Å². The Labute approximate surface area is 81.8 Å². The van der Waals surface area contributed by atoms with E-state index >= 15 is 0 Å². The van der Waals surface area contributed by atoms with E-state index in [2.05, 4.69) is 12.5 Å². The molecule has 0 aromatic carbocycles. The molecule has 0 aliphatic carbocycles. The minimum atomic E-state index is -0.0972. The zero-order valence-corrected chi connectivity index (χ0v) is 9.09. The summed E-state index contributed by atoms with van der Waals surface area (Å²) < 4.78 is 5.45. The third-order valence-electron chi connectivity index (χ3n) is 2.67. The van der Waals surface area contributed by atoms with Crippen molar-refractivity contribution >= 4 is 16.8 Å². The summed E-state index contributed by atoms with van der Waals surface area (Å²) in [5.41, 5.74) is 0. The van der Waals surface area contributed by atoms with Gasteiger partial charge in [-0.25, -0.2) is 0 Å². The molecule has 1 amide bonds. The fourth-order valence-corrected chi connectivity index (χ4v) is 2.79. The number of hydrogen-bond acceptors (Lipinski definition) is 2. The first-order valence-electron chi connectivity index (χ1n) is 4.72. The molecule has 2 heterocycles. The second-order valence-electron chi connectivity index (χ2n) is 4.13. The van der Waals surface area contributed by atoms with Gasteiger partial charge in [0, 0.05) is 6.54 Å². The molecule has 76 valence electrons. The van der Waals surface area contributed by atoms with Crippen LogP contribution < -0.4 is 0 Å². The number of likely N-dealkylation sites (tertiary alicyclic amines) is 1. The van der Waals surface area contributed by atoms with Crippen LogP contribution in [0.3, 0.4) is 0 Å². The standard InChI is InChI=1S/C9H17NO2S/c1-13(2)6-9(11)10-4-8-3-7(10)5-12-8/h7-8,13H,3-6H2,1-2H3.